The van der Waals surface area contributed by atoms with Gasteiger partial charge in [-0.05, 0) is 89.6 Å². The van der Waals surface area contributed by atoms with Crippen LogP contribution < -0.4 is 0 Å². The number of pyridine rings is 4. The molecule has 0 aliphatic heterocycles. The van der Waals surface area contributed by atoms with Crippen LogP contribution in [0.15, 0.2) is 176 Å². The topological polar surface area (TPSA) is 51.6 Å². The Hall–Kier alpha value is -6.26. The molecular formula is C48H40N4. The molecule has 1 saturated carbocycles. The first-order valence-electron chi connectivity index (χ1n) is 18.1. The van der Waals surface area contributed by atoms with Crippen molar-refractivity contribution in [2.45, 2.75) is 25.2 Å². The first kappa shape index (κ1) is 32.9. The molecule has 1 aliphatic rings. The molecule has 3 aromatic carbocycles. The molecule has 0 saturated heterocycles. The van der Waals surface area contributed by atoms with Crippen molar-refractivity contribution in [3.05, 3.63) is 193 Å². The van der Waals surface area contributed by atoms with Crippen LogP contribution in [0.1, 0.15) is 41.9 Å². The molecular weight excluding hydrogens is 633 g/mol. The van der Waals surface area contributed by atoms with Crippen LogP contribution in [0, 0.1) is 11.8 Å². The lowest BCUT2D eigenvalue weighted by Crippen LogP contribution is -2.20. The molecule has 0 radical (unpaired) electrons. The minimum Gasteiger partial charge on any atom is -0.256 e. The largest absolute Gasteiger partial charge is 0.256 e. The molecule has 0 N–H and O–H groups in total. The number of benzene rings is 3. The zero-order valence-electron chi connectivity index (χ0n) is 29.0. The van der Waals surface area contributed by atoms with Gasteiger partial charge in [0.25, 0.3) is 0 Å². The van der Waals surface area contributed by atoms with Gasteiger partial charge in [-0.25, -0.2) is 0 Å². The lowest BCUT2D eigenvalue weighted by Gasteiger charge is -2.34. The summed E-state index contributed by atoms with van der Waals surface area (Å²) in [7, 11) is 0. The van der Waals surface area contributed by atoms with Crippen molar-refractivity contribution in [1.29, 1.82) is 0 Å². The van der Waals surface area contributed by atoms with Crippen LogP contribution in [-0.2, 0) is 0 Å². The molecule has 4 heteroatoms. The fourth-order valence-electron chi connectivity index (χ4n) is 7.37. The Balaban J connectivity index is 1.06. The van der Waals surface area contributed by atoms with Crippen LogP contribution in [0.3, 0.4) is 0 Å². The third kappa shape index (κ3) is 7.87. The number of nitrogens with zero attached hydrogens (tertiary/aromatic N) is 4. The zero-order valence-corrected chi connectivity index (χ0v) is 29.0. The van der Waals surface area contributed by atoms with Crippen LogP contribution in [-0.4, -0.2) is 19.9 Å². The fraction of sp³-hybridized carbons (Fsp3) is 0.125. The van der Waals surface area contributed by atoms with Gasteiger partial charge in [0.05, 0.1) is 22.8 Å². The highest BCUT2D eigenvalue weighted by Gasteiger charge is 2.29. The van der Waals surface area contributed by atoms with E-state index in [0.717, 1.165) is 69.9 Å². The van der Waals surface area contributed by atoms with E-state index in [4.69, 9.17) is 15.0 Å². The maximum atomic E-state index is 4.82. The maximum absolute atomic E-state index is 4.82. The molecule has 7 aromatic rings. The summed E-state index contributed by atoms with van der Waals surface area (Å²) in [5, 5.41) is 0. The fourth-order valence-corrected chi connectivity index (χ4v) is 7.37. The Kier molecular flexibility index (Phi) is 9.96. The van der Waals surface area contributed by atoms with Crippen molar-refractivity contribution in [1.82, 2.24) is 19.9 Å². The summed E-state index contributed by atoms with van der Waals surface area (Å²) >= 11 is 0. The van der Waals surface area contributed by atoms with Gasteiger partial charge >= 0.3 is 0 Å². The van der Waals surface area contributed by atoms with Gasteiger partial charge in [0.1, 0.15) is 0 Å². The molecule has 4 aromatic heterocycles. The van der Waals surface area contributed by atoms with Gasteiger partial charge in [0, 0.05) is 41.5 Å². The van der Waals surface area contributed by atoms with Crippen molar-refractivity contribution in [3.63, 3.8) is 0 Å². The quantitative estimate of drug-likeness (QED) is 0.153. The molecule has 0 bridgehead atoms. The van der Waals surface area contributed by atoms with Gasteiger partial charge in [0.15, 0.2) is 0 Å². The number of hydrogen-bond acceptors (Lipinski definition) is 4. The van der Waals surface area contributed by atoms with E-state index in [1.807, 2.05) is 55.1 Å². The van der Waals surface area contributed by atoms with Gasteiger partial charge in [-0.2, -0.15) is 0 Å². The molecule has 4 nitrogen and oxygen atoms in total. The first-order chi connectivity index (χ1) is 25.7. The van der Waals surface area contributed by atoms with E-state index in [1.165, 1.54) is 11.1 Å². The normalized spacial score (nSPS) is 17.4. The van der Waals surface area contributed by atoms with Gasteiger partial charge < -0.3 is 0 Å². The summed E-state index contributed by atoms with van der Waals surface area (Å²) in [6.07, 6.45) is 20.4. The predicted octanol–water partition coefficient (Wildman–Crippen LogP) is 11.9. The summed E-state index contributed by atoms with van der Waals surface area (Å²) in [6, 6.07) is 48.3. The second-order valence-electron chi connectivity index (χ2n) is 13.6. The van der Waals surface area contributed by atoms with E-state index < -0.39 is 0 Å². The van der Waals surface area contributed by atoms with Crippen molar-refractivity contribution < 1.29 is 0 Å². The lowest BCUT2D eigenvalue weighted by molar-refractivity contribution is 0.315. The van der Waals surface area contributed by atoms with E-state index in [0.29, 0.717) is 17.8 Å². The molecule has 1 fully saturated rings. The number of allylic oxidation sites excluding steroid dienone is 2. The maximum Gasteiger partial charge on any atom is 0.0886 e. The molecule has 0 spiro atoms. The van der Waals surface area contributed by atoms with E-state index >= 15 is 0 Å². The average Bonchev–Trinajstić information content (AvgIpc) is 3.23. The van der Waals surface area contributed by atoms with Crippen LogP contribution in [0.5, 0.6) is 0 Å². The third-order valence-electron chi connectivity index (χ3n) is 10.0. The molecule has 2 atom stereocenters. The molecule has 0 amide bonds. The molecule has 52 heavy (non-hydrogen) atoms. The second kappa shape index (κ2) is 15.7. The minimum atomic E-state index is 0.391. The third-order valence-corrected chi connectivity index (χ3v) is 10.0. The highest BCUT2D eigenvalue weighted by molar-refractivity contribution is 5.70. The molecule has 1 aliphatic carbocycles. The Bertz CT molecular complexity index is 2140. The summed E-state index contributed by atoms with van der Waals surface area (Å²) in [6.45, 7) is 0. The molecule has 4 heterocycles. The Morgan fingerprint density at radius 2 is 0.942 bits per heavy atom. The minimum absolute atomic E-state index is 0.391. The second-order valence-corrected chi connectivity index (χ2v) is 13.6. The van der Waals surface area contributed by atoms with Crippen molar-refractivity contribution in [2.75, 3.05) is 0 Å². The predicted molar refractivity (Wildman–Crippen MR) is 214 cm³/mol. The first-order valence-corrected chi connectivity index (χ1v) is 18.1. The number of rotatable bonds is 9. The Labute approximate surface area is 306 Å². The Morgan fingerprint density at radius 3 is 1.48 bits per heavy atom. The zero-order chi connectivity index (χ0) is 35.0. The van der Waals surface area contributed by atoms with Gasteiger partial charge in [0.2, 0.25) is 0 Å². The van der Waals surface area contributed by atoms with Crippen molar-refractivity contribution in [2.24, 2.45) is 11.8 Å². The lowest BCUT2D eigenvalue weighted by atomic mass is 9.71. The average molecular weight is 673 g/mol. The summed E-state index contributed by atoms with van der Waals surface area (Å²) in [4.78, 5) is 18.9. The summed E-state index contributed by atoms with van der Waals surface area (Å²) in [5.41, 5.74) is 12.0. The van der Waals surface area contributed by atoms with E-state index in [1.54, 1.807) is 0 Å². The molecule has 2 unspecified atom stereocenters. The van der Waals surface area contributed by atoms with Crippen LogP contribution in [0.4, 0.5) is 0 Å². The highest BCUT2D eigenvalue weighted by atomic mass is 14.8. The Morgan fingerprint density at radius 1 is 0.404 bits per heavy atom. The van der Waals surface area contributed by atoms with E-state index in [2.05, 4.69) is 138 Å². The molecule has 8 rings (SSSR count). The van der Waals surface area contributed by atoms with Crippen LogP contribution in [0.2, 0.25) is 0 Å². The van der Waals surface area contributed by atoms with Gasteiger partial charge in [-0.15, -0.1) is 0 Å². The smallest absolute Gasteiger partial charge is 0.0886 e. The summed E-state index contributed by atoms with van der Waals surface area (Å²) < 4.78 is 0. The highest BCUT2D eigenvalue weighted by Crippen LogP contribution is 2.44. The number of aromatic nitrogens is 4. The van der Waals surface area contributed by atoms with Crippen molar-refractivity contribution >= 4 is 12.2 Å². The molecule has 252 valence electrons. The number of hydrogen-bond donors (Lipinski definition) is 0. The SMILES string of the molecule is C(=C/C1CC(/C=C\c2ccc(-c3ccccc3)nc2)CC(c2ccccc2-c2ccc(-c3ccccn3)nc2)C1)/c1ccc(-c2ccccc2)nc1. The van der Waals surface area contributed by atoms with Crippen molar-refractivity contribution in [3.8, 4) is 45.0 Å². The van der Waals surface area contributed by atoms with Crippen LogP contribution in [0.25, 0.3) is 57.2 Å². The van der Waals surface area contributed by atoms with E-state index in [-0.39, 0.29) is 0 Å². The van der Waals surface area contributed by atoms with Gasteiger partial charge in [-0.1, -0.05) is 133 Å². The summed E-state index contributed by atoms with van der Waals surface area (Å²) in [5.74, 6) is 1.22. The monoisotopic (exact) mass is 672 g/mol. The standard InChI is InChI=1S/C48H40N4/c1-3-11-39(12-4-1)45-25-22-35(32-50-45)18-20-37-29-38(21-19-36-23-26-46(51-33-36)40-13-5-2-6-14-40)31-42(30-37)44-16-8-7-15-43(44)41-24-27-48(52-34-41)47-17-9-10-28-49-47/h1-28,32-34,37-38,42H,29-31H2/b20-18-,21-19-. The van der Waals surface area contributed by atoms with Crippen LogP contribution >= 0.6 is 0 Å². The van der Waals surface area contributed by atoms with E-state index in [9.17, 15) is 0 Å². The van der Waals surface area contributed by atoms with Gasteiger partial charge in [-0.3, -0.25) is 19.9 Å².